The number of Topliss-reactive ketones (excluding diaryl/α,β-unsaturated/α-hetero) is 1. The molecule has 0 spiro atoms. The van der Waals surface area contributed by atoms with E-state index in [2.05, 4.69) is 20.9 Å². The summed E-state index contributed by atoms with van der Waals surface area (Å²) in [6.45, 7) is 7.92. The minimum absolute atomic E-state index is 0.0168. The predicted molar refractivity (Wildman–Crippen MR) is 253 cm³/mol. The number of hydrogen-bond donors (Lipinski definition) is 3. The van der Waals surface area contributed by atoms with Crippen molar-refractivity contribution in [3.05, 3.63) is 54.1 Å². The summed E-state index contributed by atoms with van der Waals surface area (Å²) in [5, 5.41) is 14.8. The Balaban J connectivity index is 1.08. The summed E-state index contributed by atoms with van der Waals surface area (Å²) in [6.07, 6.45) is 4.42. The highest BCUT2D eigenvalue weighted by Crippen LogP contribution is 2.45. The van der Waals surface area contributed by atoms with E-state index in [1.165, 1.54) is 0 Å². The lowest BCUT2D eigenvalue weighted by atomic mass is 9.95. The molecule has 0 fully saturated rings. The van der Waals surface area contributed by atoms with Crippen molar-refractivity contribution < 1.29 is 56.8 Å². The molecule has 66 heavy (non-hydrogen) atoms. The van der Waals surface area contributed by atoms with Crippen LogP contribution >= 0.6 is 6.72 Å². The molecular formula is C46H69N6O12PS. The van der Waals surface area contributed by atoms with Crippen LogP contribution in [0.2, 0.25) is 0 Å². The zero-order valence-electron chi connectivity index (χ0n) is 38.7. The number of para-hydroxylation sites is 1. The van der Waals surface area contributed by atoms with Gasteiger partial charge in [0.15, 0.2) is 0 Å². The van der Waals surface area contributed by atoms with Crippen molar-refractivity contribution in [2.24, 2.45) is 0 Å². The summed E-state index contributed by atoms with van der Waals surface area (Å²) < 4.78 is 40.4. The standard InChI is InChI=1S/C46H69N6O12PS/c1-4-38(53)19-25-58-27-22-48-42(54)17-18-44(56)51-35-37-13-7-8-14-39(37)46-45(40-15-9-10-16-41(40)51)49-50-52(46)23-28-60-30-32-62-34-33-61-31-29-59-26-20-43(55)47-21-11-5-6-12-24-63-65(57,66)64-36(2)3/h7-10,13-16,36H,4-6,11-12,17-35H2,1-3H3,(H,47,55)(H,48,54)(H,57,66). The largest absolute Gasteiger partial charge is 0.379 e. The molecule has 1 aliphatic rings. The van der Waals surface area contributed by atoms with E-state index in [0.717, 1.165) is 48.1 Å². The molecule has 0 aliphatic carbocycles. The first-order valence-corrected chi connectivity index (χ1v) is 25.6. The fourth-order valence-electron chi connectivity index (χ4n) is 6.82. The zero-order valence-corrected chi connectivity index (χ0v) is 40.5. The number of nitrogens with zero attached hydrogens (tertiary/aromatic N) is 4. The first-order chi connectivity index (χ1) is 32.0. The van der Waals surface area contributed by atoms with Crippen LogP contribution in [0.1, 0.15) is 84.1 Å². The van der Waals surface area contributed by atoms with Gasteiger partial charge in [-0.3, -0.25) is 19.2 Å². The number of fused-ring (bicyclic) bond motifs is 5. The molecule has 1 aromatic heterocycles. The Bertz CT molecular complexity index is 1990. The molecule has 1 unspecified atom stereocenters. The number of benzene rings is 2. The number of ether oxygens (including phenoxy) is 5. The Morgan fingerprint density at radius 2 is 1.32 bits per heavy atom. The average Bonchev–Trinajstić information content (AvgIpc) is 3.71. The van der Waals surface area contributed by atoms with E-state index in [4.69, 9.17) is 44.5 Å². The second-order valence-corrected chi connectivity index (χ2v) is 18.5. The monoisotopic (exact) mass is 960 g/mol. The predicted octanol–water partition coefficient (Wildman–Crippen LogP) is 5.53. The summed E-state index contributed by atoms with van der Waals surface area (Å²) in [5.74, 6) is -0.357. The van der Waals surface area contributed by atoms with Gasteiger partial charge in [0.25, 0.3) is 0 Å². The van der Waals surface area contributed by atoms with Gasteiger partial charge in [0.2, 0.25) is 17.7 Å². The molecule has 366 valence electrons. The molecule has 1 atom stereocenters. The second kappa shape index (κ2) is 31.1. The van der Waals surface area contributed by atoms with Crippen LogP contribution in [0.15, 0.2) is 48.5 Å². The molecule has 4 rings (SSSR count). The lowest BCUT2D eigenvalue weighted by Gasteiger charge is -2.28. The highest BCUT2D eigenvalue weighted by Gasteiger charge is 2.29. The van der Waals surface area contributed by atoms with Crippen LogP contribution in [-0.4, -0.2) is 135 Å². The molecule has 3 N–H and O–H groups in total. The molecule has 2 heterocycles. The molecular weight excluding hydrogens is 892 g/mol. The van der Waals surface area contributed by atoms with Gasteiger partial charge in [-0.05, 0) is 50.1 Å². The number of nitrogens with one attached hydrogen (secondary N) is 2. The smallest absolute Gasteiger partial charge is 0.324 e. The molecule has 3 aromatic rings. The number of carbonyl (C=O) groups is 4. The van der Waals surface area contributed by atoms with Crippen molar-refractivity contribution in [2.45, 2.75) is 97.8 Å². The number of amides is 3. The van der Waals surface area contributed by atoms with Gasteiger partial charge in [0.1, 0.15) is 11.5 Å². The fraction of sp³-hybridized carbons (Fsp3) is 0.609. The molecule has 2 aromatic carbocycles. The van der Waals surface area contributed by atoms with E-state index in [1.54, 1.807) is 18.7 Å². The topological polar surface area (TPSA) is 211 Å². The lowest BCUT2D eigenvalue weighted by Crippen LogP contribution is -2.34. The number of carbonyl (C=O) groups excluding carboxylic acids is 4. The minimum Gasteiger partial charge on any atom is -0.379 e. The molecule has 0 saturated carbocycles. The van der Waals surface area contributed by atoms with E-state index >= 15 is 0 Å². The SMILES string of the molecule is CCC(=O)CCOCCNC(=O)CCC(=O)N1Cc2ccccc2-c2c(nnn2CCOCCOCCOCCOCCC(=O)NCCCCCCOP(O)(=S)OC(C)C)-c2ccccc21. The summed E-state index contributed by atoms with van der Waals surface area (Å²) >= 11 is 4.96. The van der Waals surface area contributed by atoms with Crippen LogP contribution in [0.3, 0.4) is 0 Å². The lowest BCUT2D eigenvalue weighted by molar-refractivity contribution is -0.125. The maximum Gasteiger partial charge on any atom is 0.324 e. The fourth-order valence-corrected chi connectivity index (χ4v) is 8.51. The van der Waals surface area contributed by atoms with Gasteiger partial charge in [-0.1, -0.05) is 67.4 Å². The Hall–Kier alpha value is -4.01. The minimum atomic E-state index is -3.16. The number of aromatic nitrogens is 3. The maximum atomic E-state index is 13.8. The van der Waals surface area contributed by atoms with Gasteiger partial charge in [-0.25, -0.2) is 4.68 Å². The van der Waals surface area contributed by atoms with E-state index in [1.807, 2.05) is 60.1 Å². The van der Waals surface area contributed by atoms with Crippen LogP contribution in [0.4, 0.5) is 5.69 Å². The van der Waals surface area contributed by atoms with Crippen molar-refractivity contribution in [2.75, 3.05) is 90.7 Å². The van der Waals surface area contributed by atoms with Gasteiger partial charge >= 0.3 is 6.72 Å². The number of rotatable bonds is 35. The third kappa shape index (κ3) is 20.5. The zero-order chi connectivity index (χ0) is 47.4. The summed E-state index contributed by atoms with van der Waals surface area (Å²) in [4.78, 5) is 61.5. The first kappa shape index (κ1) is 54.6. The number of anilines is 1. The second-order valence-electron chi connectivity index (χ2n) is 15.7. The van der Waals surface area contributed by atoms with E-state index in [9.17, 15) is 24.1 Å². The highest BCUT2D eigenvalue weighted by molar-refractivity contribution is 8.07. The summed E-state index contributed by atoms with van der Waals surface area (Å²) in [6, 6.07) is 15.5. The van der Waals surface area contributed by atoms with Crippen LogP contribution < -0.4 is 15.5 Å². The third-order valence-electron chi connectivity index (χ3n) is 10.2. The van der Waals surface area contributed by atoms with Crippen molar-refractivity contribution >= 4 is 47.7 Å². The van der Waals surface area contributed by atoms with Crippen molar-refractivity contribution in [3.8, 4) is 22.5 Å². The van der Waals surface area contributed by atoms with Crippen LogP contribution in [-0.2, 0) is 76.8 Å². The summed E-state index contributed by atoms with van der Waals surface area (Å²) in [7, 11) is 0. The Morgan fingerprint density at radius 1 is 0.712 bits per heavy atom. The molecule has 0 saturated heterocycles. The van der Waals surface area contributed by atoms with Crippen LogP contribution in [0, 0.1) is 0 Å². The average molecular weight is 961 g/mol. The molecule has 0 bridgehead atoms. The van der Waals surface area contributed by atoms with E-state index in [-0.39, 0.29) is 48.9 Å². The number of ketones is 1. The van der Waals surface area contributed by atoms with Gasteiger partial charge < -0.3 is 53.2 Å². The molecule has 0 radical (unpaired) electrons. The molecule has 20 heteroatoms. The Kier molecular flexibility index (Phi) is 25.7. The van der Waals surface area contributed by atoms with Crippen LogP contribution in [0.25, 0.3) is 22.5 Å². The summed E-state index contributed by atoms with van der Waals surface area (Å²) in [5.41, 5.74) is 4.75. The van der Waals surface area contributed by atoms with Gasteiger partial charge in [0.05, 0.1) is 103 Å². The van der Waals surface area contributed by atoms with Crippen LogP contribution in [0.5, 0.6) is 0 Å². The van der Waals surface area contributed by atoms with Crippen molar-refractivity contribution in [1.29, 1.82) is 0 Å². The van der Waals surface area contributed by atoms with Gasteiger partial charge in [-0.2, -0.15) is 0 Å². The van der Waals surface area contributed by atoms with Gasteiger partial charge in [-0.15, -0.1) is 5.10 Å². The van der Waals surface area contributed by atoms with Crippen molar-refractivity contribution in [1.82, 2.24) is 25.6 Å². The Morgan fingerprint density at radius 3 is 2.05 bits per heavy atom. The normalized spacial score (nSPS) is 13.0. The first-order valence-electron chi connectivity index (χ1n) is 23.0. The molecule has 1 aliphatic heterocycles. The maximum absolute atomic E-state index is 13.8. The number of unbranched alkanes of at least 4 members (excludes halogenated alkanes) is 3. The van der Waals surface area contributed by atoms with E-state index < -0.39 is 6.72 Å². The van der Waals surface area contributed by atoms with Crippen molar-refractivity contribution in [3.63, 3.8) is 0 Å². The molecule has 3 amide bonds. The third-order valence-corrected chi connectivity index (χ3v) is 11.9. The highest BCUT2D eigenvalue weighted by atomic mass is 32.5. The Labute approximate surface area is 393 Å². The number of hydrogen-bond acceptors (Lipinski definition) is 14. The van der Waals surface area contributed by atoms with E-state index in [0.29, 0.717) is 123 Å². The molecule has 18 nitrogen and oxygen atoms in total. The quantitative estimate of drug-likeness (QED) is 0.0489. The van der Waals surface area contributed by atoms with Gasteiger partial charge in [0, 0.05) is 56.3 Å².